The molecule has 2 rings (SSSR count). The molecular weight excluding hydrogens is 298 g/mol. The van der Waals surface area contributed by atoms with Crippen LogP contribution in [0.15, 0.2) is 47.1 Å². The molecule has 1 aromatic heterocycles. The molecule has 0 radical (unpaired) electrons. The van der Waals surface area contributed by atoms with Gasteiger partial charge in [-0.2, -0.15) is 0 Å². The number of benzene rings is 1. The molecule has 1 heterocycles. The van der Waals surface area contributed by atoms with Gasteiger partial charge in [-0.25, -0.2) is 9.78 Å². The van der Waals surface area contributed by atoms with Gasteiger partial charge < -0.3 is 9.84 Å². The van der Waals surface area contributed by atoms with Gasteiger partial charge >= 0.3 is 5.97 Å². The fraction of sp³-hybridized carbons (Fsp3) is 0.0769. The molecule has 1 aromatic carbocycles. The molecule has 0 aliphatic rings. The van der Waals surface area contributed by atoms with E-state index in [4.69, 9.17) is 9.84 Å². The monoisotopic (exact) mass is 307 g/mol. The zero-order valence-electron chi connectivity index (χ0n) is 9.34. The van der Waals surface area contributed by atoms with E-state index in [0.29, 0.717) is 6.61 Å². The number of rotatable bonds is 4. The predicted octanol–water partition coefficient (Wildman–Crippen LogP) is 3.12. The van der Waals surface area contributed by atoms with E-state index in [1.807, 2.05) is 24.3 Å². The Hall–Kier alpha value is -1.88. The second-order valence-corrected chi connectivity index (χ2v) is 4.49. The van der Waals surface area contributed by atoms with Crippen LogP contribution in [0.25, 0.3) is 0 Å². The van der Waals surface area contributed by atoms with E-state index in [2.05, 4.69) is 20.9 Å². The maximum Gasteiger partial charge on any atom is 0.358 e. The van der Waals surface area contributed by atoms with Crippen LogP contribution < -0.4 is 4.74 Å². The molecule has 0 saturated heterocycles. The van der Waals surface area contributed by atoms with Crippen LogP contribution in [0.2, 0.25) is 0 Å². The van der Waals surface area contributed by atoms with E-state index in [1.165, 1.54) is 6.20 Å². The second kappa shape index (κ2) is 5.64. The SMILES string of the molecule is O=C(O)c1ncccc1OCc1cccc(Br)c1. The van der Waals surface area contributed by atoms with Crippen LogP contribution in [0, 0.1) is 0 Å². The Balaban J connectivity index is 2.13. The zero-order valence-corrected chi connectivity index (χ0v) is 10.9. The third-order valence-electron chi connectivity index (χ3n) is 2.26. The molecule has 2 aromatic rings. The van der Waals surface area contributed by atoms with Crippen LogP contribution in [-0.2, 0) is 6.61 Å². The molecule has 0 saturated carbocycles. The zero-order chi connectivity index (χ0) is 13.0. The first-order valence-electron chi connectivity index (χ1n) is 5.22. The van der Waals surface area contributed by atoms with Gasteiger partial charge in [-0.05, 0) is 29.8 Å². The molecule has 1 N–H and O–H groups in total. The molecule has 5 heteroatoms. The molecule has 0 bridgehead atoms. The number of hydrogen-bond donors (Lipinski definition) is 1. The number of aromatic carboxylic acids is 1. The minimum atomic E-state index is -1.10. The van der Waals surface area contributed by atoms with Crippen molar-refractivity contribution in [2.45, 2.75) is 6.61 Å². The molecule has 0 atom stereocenters. The normalized spacial score (nSPS) is 10.1. The Morgan fingerprint density at radius 1 is 1.33 bits per heavy atom. The standard InChI is InChI=1S/C13H10BrNO3/c14-10-4-1-3-9(7-10)8-18-11-5-2-6-15-12(11)13(16)17/h1-7H,8H2,(H,16,17). The maximum atomic E-state index is 10.9. The Morgan fingerprint density at radius 3 is 2.89 bits per heavy atom. The van der Waals surface area contributed by atoms with Gasteiger partial charge in [-0.3, -0.25) is 0 Å². The molecule has 0 spiro atoms. The largest absolute Gasteiger partial charge is 0.486 e. The summed E-state index contributed by atoms with van der Waals surface area (Å²) >= 11 is 3.36. The summed E-state index contributed by atoms with van der Waals surface area (Å²) < 4.78 is 6.43. The van der Waals surface area contributed by atoms with E-state index in [1.54, 1.807) is 12.1 Å². The van der Waals surface area contributed by atoms with Crippen LogP contribution in [0.1, 0.15) is 16.1 Å². The van der Waals surface area contributed by atoms with Crippen molar-refractivity contribution in [2.75, 3.05) is 0 Å². The van der Waals surface area contributed by atoms with Crippen molar-refractivity contribution in [3.63, 3.8) is 0 Å². The fourth-order valence-electron chi connectivity index (χ4n) is 1.46. The highest BCUT2D eigenvalue weighted by atomic mass is 79.9. The number of carboxylic acid groups (broad SMARTS) is 1. The van der Waals surface area contributed by atoms with Gasteiger partial charge in [-0.1, -0.05) is 28.1 Å². The minimum Gasteiger partial charge on any atom is -0.486 e. The van der Waals surface area contributed by atoms with Crippen LogP contribution in [-0.4, -0.2) is 16.1 Å². The lowest BCUT2D eigenvalue weighted by molar-refractivity contribution is 0.0685. The summed E-state index contributed by atoms with van der Waals surface area (Å²) in [6.07, 6.45) is 1.43. The lowest BCUT2D eigenvalue weighted by Gasteiger charge is -2.08. The average Bonchev–Trinajstić information content (AvgIpc) is 2.37. The molecule has 0 fully saturated rings. The van der Waals surface area contributed by atoms with E-state index in [0.717, 1.165) is 10.0 Å². The smallest absolute Gasteiger partial charge is 0.358 e. The van der Waals surface area contributed by atoms with Gasteiger partial charge in [0.2, 0.25) is 0 Å². The van der Waals surface area contributed by atoms with E-state index >= 15 is 0 Å². The number of nitrogens with zero attached hydrogens (tertiary/aromatic N) is 1. The number of aromatic nitrogens is 1. The first-order chi connectivity index (χ1) is 8.66. The Labute approximate surface area is 112 Å². The highest BCUT2D eigenvalue weighted by molar-refractivity contribution is 9.10. The molecule has 18 heavy (non-hydrogen) atoms. The molecule has 92 valence electrons. The first kappa shape index (κ1) is 12.6. The van der Waals surface area contributed by atoms with Crippen LogP contribution in [0.5, 0.6) is 5.75 Å². The van der Waals surface area contributed by atoms with Crippen LogP contribution >= 0.6 is 15.9 Å². The van der Waals surface area contributed by atoms with E-state index in [9.17, 15) is 4.79 Å². The third kappa shape index (κ3) is 3.07. The van der Waals surface area contributed by atoms with Crippen LogP contribution in [0.4, 0.5) is 0 Å². The summed E-state index contributed by atoms with van der Waals surface area (Å²) in [5.41, 5.74) is 0.872. The molecule has 0 amide bonds. The number of pyridine rings is 1. The lowest BCUT2D eigenvalue weighted by atomic mass is 10.2. The number of hydrogen-bond acceptors (Lipinski definition) is 3. The summed E-state index contributed by atoms with van der Waals surface area (Å²) in [5.74, 6) is -0.829. The van der Waals surface area contributed by atoms with Crippen LogP contribution in [0.3, 0.4) is 0 Å². The third-order valence-corrected chi connectivity index (χ3v) is 2.75. The maximum absolute atomic E-state index is 10.9. The van der Waals surface area contributed by atoms with Crippen molar-refractivity contribution < 1.29 is 14.6 Å². The number of halogens is 1. The highest BCUT2D eigenvalue weighted by Gasteiger charge is 2.12. The average molecular weight is 308 g/mol. The van der Waals surface area contributed by atoms with E-state index in [-0.39, 0.29) is 11.4 Å². The molecule has 0 unspecified atom stereocenters. The van der Waals surface area contributed by atoms with Crippen molar-refractivity contribution in [1.82, 2.24) is 4.98 Å². The number of carboxylic acids is 1. The van der Waals surface area contributed by atoms with Gasteiger partial charge in [0.15, 0.2) is 11.4 Å². The molecular formula is C13H10BrNO3. The van der Waals surface area contributed by atoms with Gasteiger partial charge in [0.25, 0.3) is 0 Å². The first-order valence-corrected chi connectivity index (χ1v) is 6.01. The molecule has 4 nitrogen and oxygen atoms in total. The summed E-state index contributed by atoms with van der Waals surface area (Å²) in [6, 6.07) is 10.9. The molecule has 0 aliphatic carbocycles. The fourth-order valence-corrected chi connectivity index (χ4v) is 1.90. The quantitative estimate of drug-likeness (QED) is 0.943. The van der Waals surface area contributed by atoms with Gasteiger partial charge in [0, 0.05) is 10.7 Å². The van der Waals surface area contributed by atoms with E-state index < -0.39 is 5.97 Å². The second-order valence-electron chi connectivity index (χ2n) is 3.57. The van der Waals surface area contributed by atoms with Gasteiger partial charge in [0.05, 0.1) is 0 Å². The lowest BCUT2D eigenvalue weighted by Crippen LogP contribution is -2.05. The Kier molecular flexibility index (Phi) is 3.94. The Bertz CT molecular complexity index is 572. The minimum absolute atomic E-state index is 0.0764. The van der Waals surface area contributed by atoms with Gasteiger partial charge in [-0.15, -0.1) is 0 Å². The summed E-state index contributed by atoms with van der Waals surface area (Å²) in [4.78, 5) is 14.7. The number of carbonyl (C=O) groups is 1. The van der Waals surface area contributed by atoms with Crippen molar-refractivity contribution in [3.8, 4) is 5.75 Å². The van der Waals surface area contributed by atoms with Crippen molar-refractivity contribution in [3.05, 3.63) is 58.3 Å². The van der Waals surface area contributed by atoms with Gasteiger partial charge in [0.1, 0.15) is 6.61 Å². The summed E-state index contributed by atoms with van der Waals surface area (Å²) in [7, 11) is 0. The van der Waals surface area contributed by atoms with Crippen molar-refractivity contribution >= 4 is 21.9 Å². The predicted molar refractivity (Wildman–Crippen MR) is 69.7 cm³/mol. The number of ether oxygens (including phenoxy) is 1. The van der Waals surface area contributed by atoms with Crippen molar-refractivity contribution in [1.29, 1.82) is 0 Å². The highest BCUT2D eigenvalue weighted by Crippen LogP contribution is 2.18. The molecule has 0 aliphatic heterocycles. The van der Waals surface area contributed by atoms with Crippen molar-refractivity contribution in [2.24, 2.45) is 0 Å². The summed E-state index contributed by atoms with van der Waals surface area (Å²) in [6.45, 7) is 0.297. The summed E-state index contributed by atoms with van der Waals surface area (Å²) in [5, 5.41) is 8.96. The topological polar surface area (TPSA) is 59.4 Å². The Morgan fingerprint density at radius 2 is 2.17 bits per heavy atom.